The molecule has 1 saturated heterocycles. The molecule has 1 aliphatic rings. The van der Waals surface area contributed by atoms with Crippen LogP contribution in [0.2, 0.25) is 5.02 Å². The Kier molecular flexibility index (Phi) is 8.10. The molecule has 11 heteroatoms. The summed E-state index contributed by atoms with van der Waals surface area (Å²) in [5.74, 6) is -0.329. The topological polar surface area (TPSA) is 99.0 Å². The summed E-state index contributed by atoms with van der Waals surface area (Å²) in [5, 5.41) is 11.0. The lowest BCUT2D eigenvalue weighted by Crippen LogP contribution is -2.27. The van der Waals surface area contributed by atoms with E-state index in [-0.39, 0.29) is 39.9 Å². The van der Waals surface area contributed by atoms with Crippen molar-refractivity contribution in [3.05, 3.63) is 103 Å². The molecule has 1 aliphatic heterocycles. The van der Waals surface area contributed by atoms with Crippen LogP contribution in [-0.2, 0) is 17.9 Å². The number of hydrogen-bond acceptors (Lipinski definition) is 7. The van der Waals surface area contributed by atoms with E-state index in [0.717, 1.165) is 16.7 Å². The maximum Gasteiger partial charge on any atom is 0.293 e. The summed E-state index contributed by atoms with van der Waals surface area (Å²) in [6, 6.07) is 15.2. The Balaban J connectivity index is 1.54. The molecule has 0 atom stereocenters. The van der Waals surface area contributed by atoms with Gasteiger partial charge in [-0.15, -0.1) is 0 Å². The Morgan fingerprint density at radius 1 is 1.08 bits per heavy atom. The number of rotatable bonds is 9. The highest BCUT2D eigenvalue weighted by atomic mass is 35.5. The van der Waals surface area contributed by atoms with Crippen LogP contribution in [0.5, 0.6) is 11.5 Å². The number of halogens is 2. The first kappa shape index (κ1) is 26.2. The van der Waals surface area contributed by atoms with E-state index in [1.54, 1.807) is 37.3 Å². The van der Waals surface area contributed by atoms with Gasteiger partial charge in [0.05, 0.1) is 28.0 Å². The molecule has 0 bridgehead atoms. The number of para-hydroxylation sites is 1. The highest BCUT2D eigenvalue weighted by Gasteiger charge is 2.36. The molecular weight excluding hydrogens is 523 g/mol. The van der Waals surface area contributed by atoms with Crippen molar-refractivity contribution in [1.82, 2.24) is 4.90 Å². The van der Waals surface area contributed by atoms with Gasteiger partial charge in [-0.3, -0.25) is 24.6 Å². The van der Waals surface area contributed by atoms with E-state index in [1.165, 1.54) is 36.4 Å². The third-order valence-electron chi connectivity index (χ3n) is 5.39. The van der Waals surface area contributed by atoms with Gasteiger partial charge in [0.2, 0.25) is 0 Å². The van der Waals surface area contributed by atoms with Gasteiger partial charge in [0.25, 0.3) is 16.8 Å². The number of nitro groups is 1. The zero-order valence-electron chi connectivity index (χ0n) is 19.5. The zero-order chi connectivity index (χ0) is 26.5. The average Bonchev–Trinajstić information content (AvgIpc) is 3.12. The third kappa shape index (κ3) is 5.92. The van der Waals surface area contributed by atoms with Crippen LogP contribution >= 0.6 is 23.4 Å². The van der Waals surface area contributed by atoms with E-state index in [4.69, 9.17) is 21.1 Å². The number of carbonyl (C=O) groups excluding carboxylic acids is 2. The molecule has 2 amide bonds. The quantitative estimate of drug-likeness (QED) is 0.170. The van der Waals surface area contributed by atoms with Crippen LogP contribution in [0.1, 0.15) is 23.6 Å². The molecule has 1 fully saturated rings. The van der Waals surface area contributed by atoms with Crippen LogP contribution in [0.3, 0.4) is 0 Å². The van der Waals surface area contributed by atoms with E-state index < -0.39 is 21.9 Å². The summed E-state index contributed by atoms with van der Waals surface area (Å²) >= 11 is 6.82. The normalized spacial score (nSPS) is 14.4. The van der Waals surface area contributed by atoms with Gasteiger partial charge in [0.1, 0.15) is 12.4 Å². The Labute approximate surface area is 220 Å². The number of amides is 2. The molecular formula is C26H20ClFN2O6S. The van der Waals surface area contributed by atoms with Gasteiger partial charge >= 0.3 is 0 Å². The highest BCUT2D eigenvalue weighted by Crippen LogP contribution is 2.36. The van der Waals surface area contributed by atoms with E-state index in [2.05, 4.69) is 0 Å². The number of ether oxygens (including phenoxy) is 2. The fraction of sp³-hybridized carbons (Fsp3) is 0.154. The second-order valence-corrected chi connectivity index (χ2v) is 9.18. The molecule has 0 aliphatic carbocycles. The monoisotopic (exact) mass is 542 g/mol. The van der Waals surface area contributed by atoms with Gasteiger partial charge < -0.3 is 9.47 Å². The van der Waals surface area contributed by atoms with Crippen LogP contribution in [0.4, 0.5) is 14.9 Å². The predicted octanol–water partition coefficient (Wildman–Crippen LogP) is 6.60. The lowest BCUT2D eigenvalue weighted by molar-refractivity contribution is -0.385. The van der Waals surface area contributed by atoms with E-state index in [1.807, 2.05) is 0 Å². The first-order chi connectivity index (χ1) is 17.8. The van der Waals surface area contributed by atoms with Crippen LogP contribution in [0.25, 0.3) is 6.08 Å². The standard InChI is InChI=1S/C26H20ClFN2O6S/c1-2-35-23-12-16(10-11-22(23)36-15-18-19(27)7-5-8-20(18)28)13-24-25(31)29(26(32)37-24)14-17-6-3-4-9-21(17)30(33)34/h3-13H,2,14-15H2,1H3/b24-13-. The van der Waals surface area contributed by atoms with Crippen molar-refractivity contribution in [2.24, 2.45) is 0 Å². The van der Waals surface area contributed by atoms with Gasteiger partial charge in [0, 0.05) is 17.2 Å². The predicted molar refractivity (Wildman–Crippen MR) is 138 cm³/mol. The average molecular weight is 543 g/mol. The summed E-state index contributed by atoms with van der Waals surface area (Å²) in [4.78, 5) is 37.4. The molecule has 0 aromatic heterocycles. The van der Waals surface area contributed by atoms with Crippen molar-refractivity contribution in [1.29, 1.82) is 0 Å². The number of hydrogen-bond donors (Lipinski definition) is 0. The molecule has 0 radical (unpaired) electrons. The first-order valence-electron chi connectivity index (χ1n) is 11.1. The van der Waals surface area contributed by atoms with Crippen molar-refractivity contribution in [2.75, 3.05) is 6.61 Å². The van der Waals surface area contributed by atoms with Crippen molar-refractivity contribution in [2.45, 2.75) is 20.1 Å². The summed E-state index contributed by atoms with van der Waals surface area (Å²) < 4.78 is 25.5. The molecule has 8 nitrogen and oxygen atoms in total. The van der Waals surface area contributed by atoms with Gasteiger partial charge in [-0.25, -0.2) is 4.39 Å². The van der Waals surface area contributed by atoms with Crippen molar-refractivity contribution >= 4 is 46.3 Å². The molecule has 0 N–H and O–H groups in total. The SMILES string of the molecule is CCOc1cc(/C=C2\SC(=O)N(Cc3ccccc3[N+](=O)[O-])C2=O)ccc1OCc1c(F)cccc1Cl. The maximum absolute atomic E-state index is 14.1. The minimum absolute atomic E-state index is 0.116. The number of carbonyl (C=O) groups is 2. The Morgan fingerprint density at radius 2 is 1.86 bits per heavy atom. The number of imide groups is 1. The molecule has 3 aromatic rings. The second kappa shape index (κ2) is 11.4. The van der Waals surface area contributed by atoms with Crippen LogP contribution in [0, 0.1) is 15.9 Å². The molecule has 0 saturated carbocycles. The second-order valence-electron chi connectivity index (χ2n) is 7.78. The molecule has 4 rings (SSSR count). The first-order valence-corrected chi connectivity index (χ1v) is 12.3. The van der Waals surface area contributed by atoms with E-state index in [0.29, 0.717) is 23.7 Å². The highest BCUT2D eigenvalue weighted by molar-refractivity contribution is 8.18. The molecule has 0 spiro atoms. The van der Waals surface area contributed by atoms with Crippen molar-refractivity contribution in [3.8, 4) is 11.5 Å². The lowest BCUT2D eigenvalue weighted by atomic mass is 10.1. The maximum atomic E-state index is 14.1. The third-order valence-corrected chi connectivity index (χ3v) is 6.65. The zero-order valence-corrected chi connectivity index (χ0v) is 21.1. The van der Waals surface area contributed by atoms with Crippen LogP contribution in [-0.4, -0.2) is 27.6 Å². The molecule has 1 heterocycles. The number of nitro benzene ring substituents is 1. The number of benzene rings is 3. The Morgan fingerprint density at radius 3 is 2.59 bits per heavy atom. The Hall–Kier alpha value is -3.89. The number of thioether (sulfide) groups is 1. The number of nitrogens with zero attached hydrogens (tertiary/aromatic N) is 2. The largest absolute Gasteiger partial charge is 0.490 e. The Bertz CT molecular complexity index is 1390. The minimum Gasteiger partial charge on any atom is -0.490 e. The van der Waals surface area contributed by atoms with E-state index in [9.17, 15) is 24.1 Å². The van der Waals surface area contributed by atoms with Gasteiger partial charge in [-0.05, 0) is 54.6 Å². The van der Waals surface area contributed by atoms with Gasteiger partial charge in [-0.2, -0.15) is 0 Å². The van der Waals surface area contributed by atoms with Crippen LogP contribution < -0.4 is 9.47 Å². The van der Waals surface area contributed by atoms with Crippen molar-refractivity contribution < 1.29 is 28.4 Å². The fourth-order valence-electron chi connectivity index (χ4n) is 3.60. The van der Waals surface area contributed by atoms with Crippen LogP contribution in [0.15, 0.2) is 65.6 Å². The summed E-state index contributed by atoms with van der Waals surface area (Å²) in [6.07, 6.45) is 1.53. The lowest BCUT2D eigenvalue weighted by Gasteiger charge is -2.14. The summed E-state index contributed by atoms with van der Waals surface area (Å²) in [6.45, 7) is 1.79. The summed E-state index contributed by atoms with van der Waals surface area (Å²) in [7, 11) is 0. The fourth-order valence-corrected chi connectivity index (χ4v) is 4.66. The van der Waals surface area contributed by atoms with Crippen molar-refractivity contribution in [3.63, 3.8) is 0 Å². The molecule has 0 unspecified atom stereocenters. The smallest absolute Gasteiger partial charge is 0.293 e. The van der Waals surface area contributed by atoms with Gasteiger partial charge in [0.15, 0.2) is 11.5 Å². The van der Waals surface area contributed by atoms with E-state index >= 15 is 0 Å². The summed E-state index contributed by atoms with van der Waals surface area (Å²) in [5.41, 5.74) is 0.865. The molecule has 3 aromatic carbocycles. The van der Waals surface area contributed by atoms with Gasteiger partial charge in [-0.1, -0.05) is 41.9 Å². The molecule has 190 valence electrons. The minimum atomic E-state index is -0.555. The molecule has 37 heavy (non-hydrogen) atoms.